The van der Waals surface area contributed by atoms with E-state index < -0.39 is 5.97 Å². The second-order valence-electron chi connectivity index (χ2n) is 7.58. The minimum Gasteiger partial charge on any atom is -0.478 e. The molecule has 0 amide bonds. The highest BCUT2D eigenvalue weighted by Gasteiger charge is 2.28. The number of piperazine rings is 1. The molecule has 6 heteroatoms. The van der Waals surface area contributed by atoms with E-state index in [1.807, 2.05) is 10.6 Å². The summed E-state index contributed by atoms with van der Waals surface area (Å²) in [6.45, 7) is 9.90. The van der Waals surface area contributed by atoms with E-state index >= 15 is 0 Å². The Balaban J connectivity index is 1.66. The Morgan fingerprint density at radius 3 is 2.50 bits per heavy atom. The number of fused-ring (bicyclic) bond motifs is 1. The molecule has 28 heavy (non-hydrogen) atoms. The second-order valence-corrected chi connectivity index (χ2v) is 7.58. The SMILES string of the molecule is CCN1C(C)CN(c2cccc(-n3cnc4cc(C(=O)O)ccc43)c2)CC1C. The number of hydrogen-bond acceptors (Lipinski definition) is 4. The van der Waals surface area contributed by atoms with Gasteiger partial charge in [-0.3, -0.25) is 9.47 Å². The van der Waals surface area contributed by atoms with Crippen LogP contribution in [0.1, 0.15) is 31.1 Å². The molecule has 2 heterocycles. The molecular formula is C22H26N4O2. The number of imidazole rings is 1. The number of anilines is 1. The lowest BCUT2D eigenvalue weighted by molar-refractivity contribution is 0.0697. The third-order valence-electron chi connectivity index (χ3n) is 5.73. The summed E-state index contributed by atoms with van der Waals surface area (Å²) in [5.41, 5.74) is 4.07. The minimum absolute atomic E-state index is 0.253. The summed E-state index contributed by atoms with van der Waals surface area (Å²) in [6.07, 6.45) is 1.76. The highest BCUT2D eigenvalue weighted by Crippen LogP contribution is 2.26. The lowest BCUT2D eigenvalue weighted by Gasteiger charge is -2.45. The van der Waals surface area contributed by atoms with Crippen molar-refractivity contribution in [3.05, 3.63) is 54.4 Å². The summed E-state index contributed by atoms with van der Waals surface area (Å²) < 4.78 is 2.01. The van der Waals surface area contributed by atoms with E-state index in [0.717, 1.165) is 30.8 Å². The van der Waals surface area contributed by atoms with E-state index in [-0.39, 0.29) is 5.56 Å². The van der Waals surface area contributed by atoms with E-state index in [4.69, 9.17) is 0 Å². The predicted octanol–water partition coefficient (Wildman–Crippen LogP) is 3.64. The Bertz CT molecular complexity index is 1000. The molecule has 1 aliphatic rings. The minimum atomic E-state index is -0.937. The zero-order chi connectivity index (χ0) is 19.8. The molecule has 0 saturated carbocycles. The monoisotopic (exact) mass is 378 g/mol. The van der Waals surface area contributed by atoms with Crippen molar-refractivity contribution in [1.29, 1.82) is 0 Å². The van der Waals surface area contributed by atoms with Crippen molar-refractivity contribution < 1.29 is 9.90 Å². The maximum Gasteiger partial charge on any atom is 0.335 e. The van der Waals surface area contributed by atoms with Gasteiger partial charge in [0, 0.05) is 36.5 Å². The second kappa shape index (κ2) is 7.28. The van der Waals surface area contributed by atoms with Crippen LogP contribution in [0.5, 0.6) is 0 Å². The lowest BCUT2D eigenvalue weighted by Crippen LogP contribution is -2.56. The van der Waals surface area contributed by atoms with Gasteiger partial charge >= 0.3 is 5.97 Å². The molecule has 0 spiro atoms. The topological polar surface area (TPSA) is 61.6 Å². The van der Waals surface area contributed by atoms with Crippen molar-refractivity contribution in [2.75, 3.05) is 24.5 Å². The third-order valence-corrected chi connectivity index (χ3v) is 5.73. The van der Waals surface area contributed by atoms with Gasteiger partial charge in [-0.15, -0.1) is 0 Å². The van der Waals surface area contributed by atoms with Crippen LogP contribution in [0.3, 0.4) is 0 Å². The number of aromatic nitrogens is 2. The summed E-state index contributed by atoms with van der Waals surface area (Å²) in [4.78, 5) is 20.6. The molecule has 2 atom stereocenters. The van der Waals surface area contributed by atoms with E-state index in [0.29, 0.717) is 17.6 Å². The summed E-state index contributed by atoms with van der Waals surface area (Å²) in [6, 6.07) is 14.6. The van der Waals surface area contributed by atoms with Crippen LogP contribution in [0.4, 0.5) is 5.69 Å². The number of carbonyl (C=O) groups is 1. The first-order chi connectivity index (χ1) is 13.5. The standard InChI is InChI=1S/C22H26N4O2/c1-4-25-15(2)12-24(13-16(25)3)18-6-5-7-19(11-18)26-14-23-20-10-17(22(27)28)8-9-21(20)26/h5-11,14-16H,4,12-13H2,1-3H3,(H,27,28). The first kappa shape index (κ1) is 18.5. The van der Waals surface area contributed by atoms with Gasteiger partial charge in [0.1, 0.15) is 6.33 Å². The number of carboxylic acid groups (broad SMARTS) is 1. The summed E-state index contributed by atoms with van der Waals surface area (Å²) in [5, 5.41) is 9.18. The average molecular weight is 378 g/mol. The van der Waals surface area contributed by atoms with Gasteiger partial charge in [-0.05, 0) is 56.8 Å². The van der Waals surface area contributed by atoms with Gasteiger partial charge < -0.3 is 10.0 Å². The van der Waals surface area contributed by atoms with Crippen LogP contribution in [-0.4, -0.2) is 57.2 Å². The molecule has 2 aromatic carbocycles. The van der Waals surface area contributed by atoms with Crippen molar-refractivity contribution in [2.24, 2.45) is 0 Å². The third kappa shape index (κ3) is 3.24. The molecular weight excluding hydrogens is 352 g/mol. The average Bonchev–Trinajstić information content (AvgIpc) is 3.11. The number of benzene rings is 2. The molecule has 0 aliphatic carbocycles. The summed E-state index contributed by atoms with van der Waals surface area (Å²) in [7, 11) is 0. The zero-order valence-electron chi connectivity index (χ0n) is 16.5. The molecule has 146 valence electrons. The van der Waals surface area contributed by atoms with Crippen molar-refractivity contribution in [2.45, 2.75) is 32.9 Å². The fourth-order valence-electron chi connectivity index (χ4n) is 4.38. The molecule has 2 unspecified atom stereocenters. The predicted molar refractivity (Wildman–Crippen MR) is 112 cm³/mol. The van der Waals surface area contributed by atoms with Crippen LogP contribution in [0, 0.1) is 0 Å². The van der Waals surface area contributed by atoms with E-state index in [9.17, 15) is 9.90 Å². The first-order valence-corrected chi connectivity index (χ1v) is 9.79. The Hall–Kier alpha value is -2.86. The summed E-state index contributed by atoms with van der Waals surface area (Å²) >= 11 is 0. The molecule has 1 aliphatic heterocycles. The number of rotatable bonds is 4. The van der Waals surface area contributed by atoms with Gasteiger partial charge in [0.25, 0.3) is 0 Å². The molecule has 0 radical (unpaired) electrons. The Morgan fingerprint density at radius 2 is 1.82 bits per heavy atom. The Morgan fingerprint density at radius 1 is 1.11 bits per heavy atom. The van der Waals surface area contributed by atoms with Crippen molar-refractivity contribution in [1.82, 2.24) is 14.5 Å². The first-order valence-electron chi connectivity index (χ1n) is 9.79. The van der Waals surface area contributed by atoms with Gasteiger partial charge in [-0.1, -0.05) is 13.0 Å². The van der Waals surface area contributed by atoms with Crippen molar-refractivity contribution >= 4 is 22.7 Å². The van der Waals surface area contributed by atoms with Gasteiger partial charge in [0.05, 0.1) is 16.6 Å². The van der Waals surface area contributed by atoms with Crippen LogP contribution in [0.2, 0.25) is 0 Å². The number of aromatic carboxylic acids is 1. The lowest BCUT2D eigenvalue weighted by atomic mass is 10.1. The molecule has 3 aromatic rings. The van der Waals surface area contributed by atoms with Crippen molar-refractivity contribution in [3.63, 3.8) is 0 Å². The maximum atomic E-state index is 11.2. The zero-order valence-corrected chi connectivity index (χ0v) is 16.5. The Kier molecular flexibility index (Phi) is 4.81. The highest BCUT2D eigenvalue weighted by molar-refractivity contribution is 5.92. The van der Waals surface area contributed by atoms with E-state index in [1.54, 1.807) is 18.5 Å². The van der Waals surface area contributed by atoms with Crippen LogP contribution < -0.4 is 4.90 Å². The van der Waals surface area contributed by atoms with Crippen LogP contribution in [-0.2, 0) is 0 Å². The number of carboxylic acids is 1. The quantitative estimate of drug-likeness (QED) is 0.751. The van der Waals surface area contributed by atoms with Crippen molar-refractivity contribution in [3.8, 4) is 5.69 Å². The van der Waals surface area contributed by atoms with Gasteiger partial charge in [-0.2, -0.15) is 0 Å². The molecule has 0 bridgehead atoms. The number of likely N-dealkylation sites (N-methyl/N-ethyl adjacent to an activating group) is 1. The summed E-state index contributed by atoms with van der Waals surface area (Å²) in [5.74, 6) is -0.937. The van der Waals surface area contributed by atoms with Gasteiger partial charge in [0.15, 0.2) is 0 Å². The molecule has 4 rings (SSSR count). The van der Waals surface area contributed by atoms with Crippen LogP contribution in [0.25, 0.3) is 16.7 Å². The maximum absolute atomic E-state index is 11.2. The fourth-order valence-corrected chi connectivity index (χ4v) is 4.38. The van der Waals surface area contributed by atoms with Crippen LogP contribution in [0.15, 0.2) is 48.8 Å². The van der Waals surface area contributed by atoms with E-state index in [1.165, 1.54) is 5.69 Å². The van der Waals surface area contributed by atoms with Gasteiger partial charge in [-0.25, -0.2) is 9.78 Å². The molecule has 6 nitrogen and oxygen atoms in total. The fraction of sp³-hybridized carbons (Fsp3) is 0.364. The molecule has 1 aromatic heterocycles. The Labute approximate surface area is 165 Å². The van der Waals surface area contributed by atoms with E-state index in [2.05, 4.69) is 59.8 Å². The highest BCUT2D eigenvalue weighted by atomic mass is 16.4. The smallest absolute Gasteiger partial charge is 0.335 e. The molecule has 1 N–H and O–H groups in total. The number of hydrogen-bond donors (Lipinski definition) is 1. The number of nitrogens with zero attached hydrogens (tertiary/aromatic N) is 4. The molecule has 1 fully saturated rings. The molecule has 1 saturated heterocycles. The van der Waals surface area contributed by atoms with Gasteiger partial charge in [0.2, 0.25) is 0 Å². The normalized spacial score (nSPS) is 20.6. The van der Waals surface area contributed by atoms with Crippen LogP contribution >= 0.6 is 0 Å². The largest absolute Gasteiger partial charge is 0.478 e.